The Morgan fingerprint density at radius 1 is 1.29 bits per heavy atom. The van der Waals surface area contributed by atoms with E-state index in [1.807, 2.05) is 0 Å². The Balaban J connectivity index is 2.06. The topological polar surface area (TPSA) is 38.0 Å². The Morgan fingerprint density at radius 2 is 1.93 bits per heavy atom. The molecule has 1 saturated carbocycles. The van der Waals surface area contributed by atoms with Crippen LogP contribution in [0.15, 0.2) is 0 Å². The Morgan fingerprint density at radius 3 is 2.50 bits per heavy atom. The lowest BCUT2D eigenvalue weighted by molar-refractivity contribution is 0.274. The minimum absolute atomic E-state index is 0.597. The minimum atomic E-state index is 0.597. The second kappa shape index (κ2) is 6.41. The molecule has 0 radical (unpaired) electrons. The molecule has 0 aromatic rings. The third-order valence-corrected chi connectivity index (χ3v) is 3.49. The summed E-state index contributed by atoms with van der Waals surface area (Å²) in [6.07, 6.45) is 6.80. The lowest BCUT2D eigenvalue weighted by Gasteiger charge is -2.27. The van der Waals surface area contributed by atoms with Crippen molar-refractivity contribution in [2.75, 3.05) is 13.1 Å². The summed E-state index contributed by atoms with van der Waals surface area (Å²) >= 11 is 0. The molecule has 0 amide bonds. The standard InChI is InChI=1S/C12H26N2/c1-10-3-5-12(6-4-10)9-14-11(2)7-8-13/h10-12,14H,3-9,13H2,1-2H3. The van der Waals surface area contributed by atoms with E-state index in [4.69, 9.17) is 5.73 Å². The Labute approximate surface area is 88.6 Å². The maximum atomic E-state index is 5.52. The molecule has 3 N–H and O–H groups in total. The molecule has 0 aromatic heterocycles. The summed E-state index contributed by atoms with van der Waals surface area (Å²) in [4.78, 5) is 0. The van der Waals surface area contributed by atoms with Gasteiger partial charge in [0.25, 0.3) is 0 Å². The third-order valence-electron chi connectivity index (χ3n) is 3.49. The maximum absolute atomic E-state index is 5.52. The third kappa shape index (κ3) is 4.43. The molecule has 0 aliphatic heterocycles. The lowest BCUT2D eigenvalue weighted by Crippen LogP contribution is -2.34. The van der Waals surface area contributed by atoms with Crippen molar-refractivity contribution in [3.05, 3.63) is 0 Å². The van der Waals surface area contributed by atoms with Gasteiger partial charge >= 0.3 is 0 Å². The van der Waals surface area contributed by atoms with E-state index < -0.39 is 0 Å². The van der Waals surface area contributed by atoms with Crippen molar-refractivity contribution in [2.24, 2.45) is 17.6 Å². The van der Waals surface area contributed by atoms with Crippen molar-refractivity contribution >= 4 is 0 Å². The van der Waals surface area contributed by atoms with E-state index in [-0.39, 0.29) is 0 Å². The average Bonchev–Trinajstić information content (AvgIpc) is 2.17. The van der Waals surface area contributed by atoms with Crippen LogP contribution in [0.5, 0.6) is 0 Å². The highest BCUT2D eigenvalue weighted by molar-refractivity contribution is 4.73. The molecule has 0 spiro atoms. The SMILES string of the molecule is CC1CCC(CNC(C)CCN)CC1. The average molecular weight is 198 g/mol. The van der Waals surface area contributed by atoms with Crippen LogP contribution in [-0.4, -0.2) is 19.1 Å². The normalized spacial score (nSPS) is 30.2. The van der Waals surface area contributed by atoms with Crippen molar-refractivity contribution in [1.82, 2.24) is 5.32 Å². The zero-order chi connectivity index (χ0) is 10.4. The number of hydrogen-bond donors (Lipinski definition) is 2. The molecule has 1 aliphatic carbocycles. The van der Waals surface area contributed by atoms with E-state index in [1.165, 1.54) is 32.2 Å². The molecule has 1 unspecified atom stereocenters. The molecule has 1 atom stereocenters. The molecule has 14 heavy (non-hydrogen) atoms. The van der Waals surface area contributed by atoms with Crippen LogP contribution in [0.2, 0.25) is 0 Å². The first kappa shape index (κ1) is 12.0. The van der Waals surface area contributed by atoms with Crippen molar-refractivity contribution in [2.45, 2.75) is 52.0 Å². The summed E-state index contributed by atoms with van der Waals surface area (Å²) in [6.45, 7) is 6.61. The quantitative estimate of drug-likeness (QED) is 0.710. The number of nitrogens with one attached hydrogen (secondary N) is 1. The summed E-state index contributed by atoms with van der Waals surface area (Å²) in [6, 6.07) is 0.597. The van der Waals surface area contributed by atoms with Crippen LogP contribution >= 0.6 is 0 Å². The predicted molar refractivity (Wildman–Crippen MR) is 62.3 cm³/mol. The molecule has 1 fully saturated rings. The van der Waals surface area contributed by atoms with E-state index in [1.54, 1.807) is 0 Å². The Hall–Kier alpha value is -0.0800. The van der Waals surface area contributed by atoms with Crippen molar-refractivity contribution in [1.29, 1.82) is 0 Å². The largest absolute Gasteiger partial charge is 0.330 e. The van der Waals surface area contributed by atoms with Crippen LogP contribution in [0.4, 0.5) is 0 Å². The first-order valence-corrected chi connectivity index (χ1v) is 6.15. The van der Waals surface area contributed by atoms with Crippen LogP contribution in [0.1, 0.15) is 46.0 Å². The van der Waals surface area contributed by atoms with Crippen LogP contribution < -0.4 is 11.1 Å². The Kier molecular flexibility index (Phi) is 5.49. The maximum Gasteiger partial charge on any atom is 0.00508 e. The van der Waals surface area contributed by atoms with E-state index in [2.05, 4.69) is 19.2 Å². The van der Waals surface area contributed by atoms with Crippen molar-refractivity contribution in [3.8, 4) is 0 Å². The smallest absolute Gasteiger partial charge is 0.00508 e. The highest BCUT2D eigenvalue weighted by Gasteiger charge is 2.18. The highest BCUT2D eigenvalue weighted by atomic mass is 14.9. The van der Waals surface area contributed by atoms with Gasteiger partial charge < -0.3 is 11.1 Å². The van der Waals surface area contributed by atoms with Crippen LogP contribution in [0.25, 0.3) is 0 Å². The fraction of sp³-hybridized carbons (Fsp3) is 1.00. The van der Waals surface area contributed by atoms with E-state index in [9.17, 15) is 0 Å². The van der Waals surface area contributed by atoms with Gasteiger partial charge in [-0.2, -0.15) is 0 Å². The fourth-order valence-corrected chi connectivity index (χ4v) is 2.25. The summed E-state index contributed by atoms with van der Waals surface area (Å²) in [5.41, 5.74) is 5.52. The van der Waals surface area contributed by atoms with Crippen molar-refractivity contribution in [3.63, 3.8) is 0 Å². The first-order chi connectivity index (χ1) is 6.72. The monoisotopic (exact) mass is 198 g/mol. The first-order valence-electron chi connectivity index (χ1n) is 6.15. The molecule has 1 aliphatic rings. The van der Waals surface area contributed by atoms with Gasteiger partial charge in [0.15, 0.2) is 0 Å². The van der Waals surface area contributed by atoms with Crippen molar-refractivity contribution < 1.29 is 0 Å². The summed E-state index contributed by atoms with van der Waals surface area (Å²) in [5, 5.41) is 3.59. The van der Waals surface area contributed by atoms with Gasteiger partial charge in [-0.25, -0.2) is 0 Å². The number of rotatable bonds is 5. The summed E-state index contributed by atoms with van der Waals surface area (Å²) in [5.74, 6) is 1.89. The van der Waals surface area contributed by atoms with E-state index >= 15 is 0 Å². The predicted octanol–water partition coefficient (Wildman–Crippen LogP) is 2.14. The van der Waals surface area contributed by atoms with E-state index in [0.29, 0.717) is 6.04 Å². The second-order valence-electron chi connectivity index (χ2n) is 5.01. The highest BCUT2D eigenvalue weighted by Crippen LogP contribution is 2.27. The van der Waals surface area contributed by atoms with Crippen LogP contribution in [0, 0.1) is 11.8 Å². The van der Waals surface area contributed by atoms with Gasteiger partial charge in [0.2, 0.25) is 0 Å². The molecule has 0 saturated heterocycles. The summed E-state index contributed by atoms with van der Waals surface area (Å²) in [7, 11) is 0. The van der Waals surface area contributed by atoms with Gasteiger partial charge in [-0.05, 0) is 51.1 Å². The van der Waals surface area contributed by atoms with E-state index in [0.717, 1.165) is 24.8 Å². The van der Waals surface area contributed by atoms with Crippen LogP contribution in [0.3, 0.4) is 0 Å². The molecule has 2 heteroatoms. The van der Waals surface area contributed by atoms with Gasteiger partial charge in [-0.1, -0.05) is 19.8 Å². The van der Waals surface area contributed by atoms with Gasteiger partial charge in [-0.3, -0.25) is 0 Å². The van der Waals surface area contributed by atoms with Gasteiger partial charge in [0, 0.05) is 6.04 Å². The second-order valence-corrected chi connectivity index (χ2v) is 5.01. The van der Waals surface area contributed by atoms with Gasteiger partial charge in [-0.15, -0.1) is 0 Å². The fourth-order valence-electron chi connectivity index (χ4n) is 2.25. The molecule has 1 rings (SSSR count). The molecule has 0 bridgehead atoms. The zero-order valence-corrected chi connectivity index (χ0v) is 9.76. The molecule has 2 nitrogen and oxygen atoms in total. The van der Waals surface area contributed by atoms with Gasteiger partial charge in [0.05, 0.1) is 0 Å². The lowest BCUT2D eigenvalue weighted by atomic mass is 9.83. The molecular weight excluding hydrogens is 172 g/mol. The molecular formula is C12H26N2. The van der Waals surface area contributed by atoms with Crippen LogP contribution in [-0.2, 0) is 0 Å². The molecule has 0 aromatic carbocycles. The Bertz CT molecular complexity index is 139. The molecule has 0 heterocycles. The molecule has 84 valence electrons. The number of nitrogens with two attached hydrogens (primary N) is 1. The zero-order valence-electron chi connectivity index (χ0n) is 9.76. The number of hydrogen-bond acceptors (Lipinski definition) is 2. The van der Waals surface area contributed by atoms with Gasteiger partial charge in [0.1, 0.15) is 0 Å². The summed E-state index contributed by atoms with van der Waals surface area (Å²) < 4.78 is 0. The minimum Gasteiger partial charge on any atom is -0.330 e.